The van der Waals surface area contributed by atoms with Crippen molar-refractivity contribution >= 4 is 29.2 Å². The third-order valence-corrected chi connectivity index (χ3v) is 5.04. The highest BCUT2D eigenvalue weighted by Crippen LogP contribution is 2.35. The summed E-state index contributed by atoms with van der Waals surface area (Å²) in [5.41, 5.74) is 1.87. The summed E-state index contributed by atoms with van der Waals surface area (Å²) in [7, 11) is 1.59. The molecule has 1 aliphatic heterocycles. The van der Waals surface area contributed by atoms with E-state index in [1.807, 2.05) is 25.1 Å². The Morgan fingerprint density at radius 2 is 2.04 bits per heavy atom. The number of ketones is 1. The van der Waals surface area contributed by atoms with Gasteiger partial charge in [-0.2, -0.15) is 0 Å². The van der Waals surface area contributed by atoms with Crippen molar-refractivity contribution in [2.75, 3.05) is 18.2 Å². The zero-order chi connectivity index (χ0) is 19.4. The molecule has 0 radical (unpaired) electrons. The summed E-state index contributed by atoms with van der Waals surface area (Å²) in [5, 5.41) is 12.1. The lowest BCUT2D eigenvalue weighted by Crippen LogP contribution is -2.29. The minimum atomic E-state index is -0.965. The molecule has 1 heterocycles. The van der Waals surface area contributed by atoms with Crippen molar-refractivity contribution < 1.29 is 24.2 Å². The fourth-order valence-electron chi connectivity index (χ4n) is 2.62. The Morgan fingerprint density at radius 3 is 2.70 bits per heavy atom. The Morgan fingerprint density at radius 1 is 1.30 bits per heavy atom. The molecule has 0 unspecified atom stereocenters. The van der Waals surface area contributed by atoms with Crippen LogP contribution in [0.1, 0.15) is 15.9 Å². The number of ether oxygens (including phenoxy) is 2. The molecule has 2 aromatic rings. The third-order valence-electron chi connectivity index (χ3n) is 3.97. The van der Waals surface area contributed by atoms with Crippen LogP contribution in [0.15, 0.2) is 54.2 Å². The van der Waals surface area contributed by atoms with Crippen molar-refractivity contribution in [3.63, 3.8) is 0 Å². The van der Waals surface area contributed by atoms with Crippen LogP contribution in [0.25, 0.3) is 0 Å². The molecule has 0 aliphatic carbocycles. The number of Topliss-reactive ketones (excluding diaryl/α,β-unsaturated/α-hetero) is 1. The number of aryl methyl sites for hydroxylation is 1. The lowest BCUT2D eigenvalue weighted by molar-refractivity contribution is -0.133. The molecule has 2 aromatic carbocycles. The zero-order valence-corrected chi connectivity index (χ0v) is 15.7. The number of carbonyl (C=O) groups excluding carboxylic acids is 1. The Labute approximate surface area is 161 Å². The number of methoxy groups -OCH3 is 1. The van der Waals surface area contributed by atoms with E-state index < -0.39 is 11.4 Å². The summed E-state index contributed by atoms with van der Waals surface area (Å²) >= 11 is 1.06. The summed E-state index contributed by atoms with van der Waals surface area (Å²) in [6, 6.07) is 12.6. The molecule has 6 nitrogen and oxygen atoms in total. The summed E-state index contributed by atoms with van der Waals surface area (Å²) in [6.07, 6.45) is 1.58. The zero-order valence-electron chi connectivity index (χ0n) is 14.9. The third kappa shape index (κ3) is 4.43. The minimum absolute atomic E-state index is 0.168. The predicted octanol–water partition coefficient (Wildman–Crippen LogP) is 3.72. The second-order valence-electron chi connectivity index (χ2n) is 5.96. The first-order valence-corrected chi connectivity index (χ1v) is 9.29. The van der Waals surface area contributed by atoms with Gasteiger partial charge < -0.3 is 19.9 Å². The predicted molar refractivity (Wildman–Crippen MR) is 105 cm³/mol. The molecule has 0 fully saturated rings. The van der Waals surface area contributed by atoms with Gasteiger partial charge in [-0.05, 0) is 43.3 Å². The van der Waals surface area contributed by atoms with Gasteiger partial charge in [-0.3, -0.25) is 9.59 Å². The first-order chi connectivity index (χ1) is 13.0. The molecule has 0 aromatic heterocycles. The number of carboxylic acids is 1. The van der Waals surface area contributed by atoms with Gasteiger partial charge in [0, 0.05) is 11.9 Å². The van der Waals surface area contributed by atoms with Gasteiger partial charge in [-0.25, -0.2) is 0 Å². The Kier molecular flexibility index (Phi) is 5.71. The first kappa shape index (κ1) is 18.8. The summed E-state index contributed by atoms with van der Waals surface area (Å²) in [4.78, 5) is 23.9. The fourth-order valence-corrected chi connectivity index (χ4v) is 3.44. The van der Waals surface area contributed by atoms with E-state index >= 15 is 0 Å². The molecule has 7 heteroatoms. The van der Waals surface area contributed by atoms with Crippen LogP contribution in [-0.4, -0.2) is 35.2 Å². The summed E-state index contributed by atoms with van der Waals surface area (Å²) in [5.74, 6) is -0.115. The van der Waals surface area contributed by atoms with Crippen molar-refractivity contribution in [3.05, 3.63) is 65.4 Å². The number of carboxylic acid groups (broad SMARTS) is 1. The van der Waals surface area contributed by atoms with E-state index in [1.165, 1.54) is 0 Å². The molecule has 140 valence electrons. The van der Waals surface area contributed by atoms with Gasteiger partial charge in [0.1, 0.15) is 11.5 Å². The lowest BCUT2D eigenvalue weighted by Gasteiger charge is -2.27. The van der Waals surface area contributed by atoms with E-state index in [1.54, 1.807) is 37.6 Å². The molecule has 0 saturated carbocycles. The molecule has 1 aliphatic rings. The van der Waals surface area contributed by atoms with Crippen LogP contribution in [0.3, 0.4) is 0 Å². The molecule has 2 N–H and O–H groups in total. The quantitative estimate of drug-likeness (QED) is 0.733. The number of hydrogen-bond donors (Lipinski definition) is 2. The Bertz CT molecular complexity index is 892. The molecule has 0 saturated heterocycles. The molecule has 0 bridgehead atoms. The average molecular weight is 385 g/mol. The number of hydrogen-bond acceptors (Lipinski definition) is 6. The summed E-state index contributed by atoms with van der Waals surface area (Å²) < 4.78 is 11.0. The second-order valence-corrected chi connectivity index (χ2v) is 7.01. The average Bonchev–Trinajstić information content (AvgIpc) is 2.66. The number of thioether (sulfide) groups is 1. The Hall–Kier alpha value is -2.93. The van der Waals surface area contributed by atoms with Crippen molar-refractivity contribution in [1.82, 2.24) is 0 Å². The molecule has 1 atom stereocenters. The van der Waals surface area contributed by atoms with Crippen LogP contribution in [-0.2, 0) is 4.79 Å². The van der Waals surface area contributed by atoms with Crippen LogP contribution in [0, 0.1) is 6.92 Å². The lowest BCUT2D eigenvalue weighted by atomic mass is 9.99. The highest BCUT2D eigenvalue weighted by Gasteiger charge is 2.32. The fraction of sp³-hybridized carbons (Fsp3) is 0.200. The number of nitrogens with one attached hydrogen (secondary N) is 1. The molecule has 0 amide bonds. The number of anilines is 1. The Balaban J connectivity index is 1.89. The van der Waals surface area contributed by atoms with Crippen LogP contribution in [0.5, 0.6) is 11.5 Å². The van der Waals surface area contributed by atoms with Gasteiger partial charge in [-0.15, -0.1) is 11.8 Å². The van der Waals surface area contributed by atoms with E-state index in [-0.39, 0.29) is 11.5 Å². The highest BCUT2D eigenvalue weighted by molar-refractivity contribution is 8.00. The molecular formula is C20H19NO5S. The number of fused-ring (bicyclic) bond motifs is 1. The van der Waals surface area contributed by atoms with Gasteiger partial charge in [0.15, 0.2) is 11.2 Å². The monoisotopic (exact) mass is 385 g/mol. The number of aliphatic carboxylic acids is 1. The van der Waals surface area contributed by atoms with Gasteiger partial charge >= 0.3 is 5.97 Å². The van der Waals surface area contributed by atoms with Crippen molar-refractivity contribution in [2.45, 2.75) is 12.4 Å². The van der Waals surface area contributed by atoms with Crippen molar-refractivity contribution in [1.29, 1.82) is 0 Å². The first-order valence-electron chi connectivity index (χ1n) is 8.24. The number of benzene rings is 2. The van der Waals surface area contributed by atoms with Gasteiger partial charge in [0.05, 0.1) is 24.0 Å². The van der Waals surface area contributed by atoms with Gasteiger partial charge in [0.25, 0.3) is 0 Å². The minimum Gasteiger partial charge on any atom is -0.497 e. The number of carbonyl (C=O) groups is 2. The van der Waals surface area contributed by atoms with Crippen LogP contribution >= 0.6 is 11.8 Å². The van der Waals surface area contributed by atoms with Gasteiger partial charge in [-0.1, -0.05) is 11.6 Å². The molecule has 0 spiro atoms. The highest BCUT2D eigenvalue weighted by atomic mass is 32.2. The smallest absolute Gasteiger partial charge is 0.313 e. The number of rotatable bonds is 6. The van der Waals surface area contributed by atoms with Crippen LogP contribution in [0.2, 0.25) is 0 Å². The summed E-state index contributed by atoms with van der Waals surface area (Å²) in [6.45, 7) is 1.90. The maximum atomic E-state index is 13.0. The van der Waals surface area contributed by atoms with Crippen LogP contribution < -0.4 is 14.8 Å². The van der Waals surface area contributed by atoms with E-state index in [0.717, 1.165) is 28.8 Å². The van der Waals surface area contributed by atoms with E-state index in [0.29, 0.717) is 16.9 Å². The van der Waals surface area contributed by atoms with Crippen molar-refractivity contribution in [3.8, 4) is 11.5 Å². The van der Waals surface area contributed by atoms with Crippen LogP contribution in [0.4, 0.5) is 5.69 Å². The largest absolute Gasteiger partial charge is 0.497 e. The molecular weight excluding hydrogens is 366 g/mol. The van der Waals surface area contributed by atoms with E-state index in [2.05, 4.69) is 5.32 Å². The van der Waals surface area contributed by atoms with Gasteiger partial charge in [0.2, 0.25) is 0 Å². The molecule has 3 rings (SSSR count). The SMILES string of the molecule is COc1ccc(N/C=C2\C(=O)c3cc(C)ccc3O[C@H]2SCC(=O)O)cc1. The molecule has 27 heavy (non-hydrogen) atoms. The maximum Gasteiger partial charge on any atom is 0.313 e. The van der Waals surface area contributed by atoms with E-state index in [4.69, 9.17) is 14.6 Å². The standard InChI is InChI=1S/C20H19NO5S/c1-12-3-8-17-15(9-12)19(24)16(20(26-17)27-11-18(22)23)10-21-13-4-6-14(25-2)7-5-13/h3-10,20-21H,11H2,1-2H3,(H,22,23)/b16-10+/t20-/m0/s1. The van der Waals surface area contributed by atoms with Crippen molar-refractivity contribution in [2.24, 2.45) is 0 Å². The maximum absolute atomic E-state index is 13.0. The normalized spacial score (nSPS) is 17.2. The second kappa shape index (κ2) is 8.18. The topological polar surface area (TPSA) is 84.9 Å². The van der Waals surface area contributed by atoms with E-state index in [9.17, 15) is 9.59 Å².